The van der Waals surface area contributed by atoms with Crippen LogP contribution in [0.2, 0.25) is 0 Å². The van der Waals surface area contributed by atoms with Crippen molar-refractivity contribution in [3.05, 3.63) is 29.8 Å². The SMILES string of the molecule is COc1ccc(C=CC(=O)NCCCN2CCOCC2)c(OC)c1. The van der Waals surface area contributed by atoms with Gasteiger partial charge in [0.2, 0.25) is 5.91 Å². The maximum atomic E-state index is 11.9. The third-order valence-electron chi connectivity index (χ3n) is 3.91. The molecule has 1 heterocycles. The minimum absolute atomic E-state index is 0.102. The Kier molecular flexibility index (Phi) is 7.58. The van der Waals surface area contributed by atoms with Crippen molar-refractivity contribution in [3.8, 4) is 11.5 Å². The summed E-state index contributed by atoms with van der Waals surface area (Å²) >= 11 is 0. The fourth-order valence-electron chi connectivity index (χ4n) is 2.52. The van der Waals surface area contributed by atoms with Crippen molar-refractivity contribution >= 4 is 12.0 Å². The molecule has 6 nitrogen and oxygen atoms in total. The van der Waals surface area contributed by atoms with Gasteiger partial charge in [-0.2, -0.15) is 0 Å². The minimum Gasteiger partial charge on any atom is -0.497 e. The maximum absolute atomic E-state index is 11.9. The summed E-state index contributed by atoms with van der Waals surface area (Å²) in [5.41, 5.74) is 0.835. The highest BCUT2D eigenvalue weighted by atomic mass is 16.5. The summed E-state index contributed by atoms with van der Waals surface area (Å²) in [5, 5.41) is 2.90. The molecule has 0 bridgehead atoms. The van der Waals surface area contributed by atoms with E-state index in [2.05, 4.69) is 10.2 Å². The smallest absolute Gasteiger partial charge is 0.244 e. The van der Waals surface area contributed by atoms with Crippen LogP contribution in [0, 0.1) is 0 Å². The Morgan fingerprint density at radius 2 is 2.08 bits per heavy atom. The first kappa shape index (κ1) is 18.3. The Morgan fingerprint density at radius 3 is 2.79 bits per heavy atom. The highest BCUT2D eigenvalue weighted by Gasteiger charge is 2.09. The molecule has 1 aliphatic rings. The van der Waals surface area contributed by atoms with Crippen molar-refractivity contribution in [1.29, 1.82) is 0 Å². The van der Waals surface area contributed by atoms with Crippen molar-refractivity contribution < 1.29 is 19.0 Å². The van der Waals surface area contributed by atoms with Gasteiger partial charge in [0.25, 0.3) is 0 Å². The van der Waals surface area contributed by atoms with Gasteiger partial charge in [0, 0.05) is 37.3 Å². The first-order valence-corrected chi connectivity index (χ1v) is 8.21. The number of nitrogens with one attached hydrogen (secondary N) is 1. The van der Waals surface area contributed by atoms with Gasteiger partial charge in [0.1, 0.15) is 11.5 Å². The summed E-state index contributed by atoms with van der Waals surface area (Å²) in [6.07, 6.45) is 4.21. The lowest BCUT2D eigenvalue weighted by Gasteiger charge is -2.26. The highest BCUT2D eigenvalue weighted by molar-refractivity contribution is 5.92. The van der Waals surface area contributed by atoms with Crippen LogP contribution in [0.3, 0.4) is 0 Å². The lowest BCUT2D eigenvalue weighted by atomic mass is 10.1. The van der Waals surface area contributed by atoms with Crippen LogP contribution < -0.4 is 14.8 Å². The number of carbonyl (C=O) groups is 1. The first-order chi connectivity index (χ1) is 11.7. The lowest BCUT2D eigenvalue weighted by Crippen LogP contribution is -2.38. The van der Waals surface area contributed by atoms with Crippen molar-refractivity contribution in [3.63, 3.8) is 0 Å². The molecule has 1 aromatic rings. The number of morpholine rings is 1. The number of hydrogen-bond acceptors (Lipinski definition) is 5. The Bertz CT molecular complexity index is 554. The van der Waals surface area contributed by atoms with Crippen molar-refractivity contribution in [1.82, 2.24) is 10.2 Å². The van der Waals surface area contributed by atoms with E-state index in [9.17, 15) is 4.79 Å². The minimum atomic E-state index is -0.102. The summed E-state index contributed by atoms with van der Waals surface area (Å²) in [5.74, 6) is 1.29. The van der Waals surface area contributed by atoms with E-state index in [1.807, 2.05) is 12.1 Å². The van der Waals surface area contributed by atoms with E-state index in [4.69, 9.17) is 14.2 Å². The second kappa shape index (κ2) is 9.95. The van der Waals surface area contributed by atoms with Crippen LogP contribution >= 0.6 is 0 Å². The van der Waals surface area contributed by atoms with Gasteiger partial charge < -0.3 is 19.5 Å². The van der Waals surface area contributed by atoms with Crippen LogP contribution in [0.5, 0.6) is 11.5 Å². The van der Waals surface area contributed by atoms with Crippen LogP contribution in [0.4, 0.5) is 0 Å². The van der Waals surface area contributed by atoms with Gasteiger partial charge in [-0.25, -0.2) is 0 Å². The Hall–Kier alpha value is -2.05. The predicted octanol–water partition coefficient (Wildman–Crippen LogP) is 1.56. The second-order valence-corrected chi connectivity index (χ2v) is 5.54. The number of nitrogens with zero attached hydrogens (tertiary/aromatic N) is 1. The maximum Gasteiger partial charge on any atom is 0.244 e. The fraction of sp³-hybridized carbons (Fsp3) is 0.500. The van der Waals surface area contributed by atoms with Crippen LogP contribution in [-0.2, 0) is 9.53 Å². The van der Waals surface area contributed by atoms with Gasteiger partial charge >= 0.3 is 0 Å². The molecule has 0 unspecified atom stereocenters. The molecule has 1 saturated heterocycles. The normalized spacial score (nSPS) is 15.4. The van der Waals surface area contributed by atoms with E-state index >= 15 is 0 Å². The van der Waals surface area contributed by atoms with Gasteiger partial charge in [0.15, 0.2) is 0 Å². The quantitative estimate of drug-likeness (QED) is 0.577. The zero-order valence-electron chi connectivity index (χ0n) is 14.4. The number of ether oxygens (including phenoxy) is 3. The van der Waals surface area contributed by atoms with E-state index in [-0.39, 0.29) is 5.91 Å². The molecule has 6 heteroatoms. The second-order valence-electron chi connectivity index (χ2n) is 5.54. The summed E-state index contributed by atoms with van der Waals surface area (Å²) in [7, 11) is 3.20. The topological polar surface area (TPSA) is 60.0 Å². The molecule has 132 valence electrons. The average molecular weight is 334 g/mol. The first-order valence-electron chi connectivity index (χ1n) is 8.21. The molecule has 0 radical (unpaired) electrons. The van der Waals surface area contributed by atoms with Crippen LogP contribution in [0.15, 0.2) is 24.3 Å². The molecule has 1 fully saturated rings. The molecule has 1 aromatic carbocycles. The predicted molar refractivity (Wildman–Crippen MR) is 93.5 cm³/mol. The average Bonchev–Trinajstić information content (AvgIpc) is 2.64. The van der Waals surface area contributed by atoms with E-state index in [0.29, 0.717) is 12.3 Å². The van der Waals surface area contributed by atoms with Gasteiger partial charge in [-0.3, -0.25) is 9.69 Å². The number of rotatable bonds is 8. The molecule has 0 aliphatic carbocycles. The number of benzene rings is 1. The van der Waals surface area contributed by atoms with E-state index in [0.717, 1.165) is 50.6 Å². The third-order valence-corrected chi connectivity index (χ3v) is 3.91. The molecule has 1 N–H and O–H groups in total. The number of methoxy groups -OCH3 is 2. The molecule has 1 amide bonds. The molecule has 2 rings (SSSR count). The van der Waals surface area contributed by atoms with Crippen molar-refractivity contribution in [2.75, 3.05) is 53.6 Å². The van der Waals surface area contributed by atoms with Gasteiger partial charge in [-0.15, -0.1) is 0 Å². The highest BCUT2D eigenvalue weighted by Crippen LogP contribution is 2.25. The molecular formula is C18H26N2O4. The largest absolute Gasteiger partial charge is 0.497 e. The lowest BCUT2D eigenvalue weighted by molar-refractivity contribution is -0.116. The Balaban J connectivity index is 1.74. The summed E-state index contributed by atoms with van der Waals surface area (Å²) < 4.78 is 15.8. The molecule has 0 spiro atoms. The van der Waals surface area contributed by atoms with Crippen molar-refractivity contribution in [2.24, 2.45) is 0 Å². The number of hydrogen-bond donors (Lipinski definition) is 1. The Labute approximate surface area is 143 Å². The van der Waals surface area contributed by atoms with Gasteiger partial charge in [-0.1, -0.05) is 0 Å². The van der Waals surface area contributed by atoms with Crippen LogP contribution in [-0.4, -0.2) is 64.4 Å². The fourth-order valence-corrected chi connectivity index (χ4v) is 2.52. The molecule has 1 aliphatic heterocycles. The monoisotopic (exact) mass is 334 g/mol. The summed E-state index contributed by atoms with van der Waals surface area (Å²) in [6.45, 7) is 5.22. The standard InChI is InChI=1S/C18H26N2O4/c1-22-16-6-4-15(17(14-16)23-2)5-7-18(21)19-8-3-9-20-10-12-24-13-11-20/h4-7,14H,3,8-13H2,1-2H3,(H,19,21). The van der Waals surface area contributed by atoms with Gasteiger partial charge in [0.05, 0.1) is 27.4 Å². The summed E-state index contributed by atoms with van der Waals surface area (Å²) in [6, 6.07) is 5.49. The molecular weight excluding hydrogens is 308 g/mol. The van der Waals surface area contributed by atoms with E-state index < -0.39 is 0 Å². The van der Waals surface area contributed by atoms with Crippen LogP contribution in [0.25, 0.3) is 6.08 Å². The zero-order chi connectivity index (χ0) is 17.2. The van der Waals surface area contributed by atoms with Crippen molar-refractivity contribution in [2.45, 2.75) is 6.42 Å². The number of carbonyl (C=O) groups excluding carboxylic acids is 1. The summed E-state index contributed by atoms with van der Waals surface area (Å²) in [4.78, 5) is 14.2. The van der Waals surface area contributed by atoms with E-state index in [1.54, 1.807) is 26.4 Å². The molecule has 0 aromatic heterocycles. The molecule has 0 saturated carbocycles. The third kappa shape index (κ3) is 5.86. The van der Waals surface area contributed by atoms with Crippen LogP contribution in [0.1, 0.15) is 12.0 Å². The molecule has 24 heavy (non-hydrogen) atoms. The zero-order valence-corrected chi connectivity index (χ0v) is 14.4. The molecule has 0 atom stereocenters. The van der Waals surface area contributed by atoms with E-state index in [1.165, 1.54) is 6.08 Å². The Morgan fingerprint density at radius 1 is 1.29 bits per heavy atom. The number of amides is 1. The van der Waals surface area contributed by atoms with Gasteiger partial charge in [-0.05, 0) is 31.2 Å².